The van der Waals surface area contributed by atoms with Crippen LogP contribution in [0.3, 0.4) is 0 Å². The zero-order valence-electron chi connectivity index (χ0n) is 13.1. The lowest BCUT2D eigenvalue weighted by molar-refractivity contribution is -0.137. The third-order valence-electron chi connectivity index (χ3n) is 3.34. The molecule has 1 aromatic carbocycles. The third kappa shape index (κ3) is 4.43. The molecule has 5 nitrogen and oxygen atoms in total. The predicted octanol–water partition coefficient (Wildman–Crippen LogP) is 3.34. The number of nitrogens with zero attached hydrogens (tertiary/aromatic N) is 2. The van der Waals surface area contributed by atoms with Crippen molar-refractivity contribution in [3.63, 3.8) is 0 Å². The zero-order valence-corrected chi connectivity index (χ0v) is 13.1. The molecule has 2 rings (SSSR count). The van der Waals surface area contributed by atoms with Crippen LogP contribution in [0.5, 0.6) is 11.6 Å². The minimum atomic E-state index is -4.46. The molecule has 1 aromatic heterocycles. The smallest absolute Gasteiger partial charge is 0.416 e. The number of halogens is 3. The van der Waals surface area contributed by atoms with Crippen LogP contribution >= 0.6 is 0 Å². The van der Waals surface area contributed by atoms with E-state index in [9.17, 15) is 18.0 Å². The van der Waals surface area contributed by atoms with E-state index in [1.807, 2.05) is 0 Å². The molecule has 0 aliphatic rings. The predicted molar refractivity (Wildman–Crippen MR) is 80.2 cm³/mol. The van der Waals surface area contributed by atoms with Gasteiger partial charge in [-0.25, -0.2) is 4.98 Å². The van der Waals surface area contributed by atoms with Crippen molar-refractivity contribution in [2.24, 2.45) is 11.1 Å². The van der Waals surface area contributed by atoms with Crippen molar-refractivity contribution in [2.75, 3.05) is 0 Å². The van der Waals surface area contributed by atoms with E-state index >= 15 is 0 Å². The number of amides is 1. The molecule has 24 heavy (non-hydrogen) atoms. The first-order chi connectivity index (χ1) is 11.1. The second-order valence-electron chi connectivity index (χ2n) is 5.90. The van der Waals surface area contributed by atoms with Gasteiger partial charge in [-0.1, -0.05) is 19.9 Å². The maximum atomic E-state index is 12.7. The van der Waals surface area contributed by atoms with Crippen LogP contribution < -0.4 is 10.5 Å². The summed E-state index contributed by atoms with van der Waals surface area (Å²) in [6.07, 6.45) is -1.50. The Morgan fingerprint density at radius 2 is 1.96 bits per heavy atom. The first kappa shape index (κ1) is 17.7. The second-order valence-corrected chi connectivity index (χ2v) is 5.90. The standard InChI is InChI=1S/C16H16F3N3O2/c1-15(2,14(20)23)7-11-8-21-9-13(22-11)24-12-5-3-4-10(6-12)16(17,18)19/h3-6,8-9H,7H2,1-2H3,(H2,20,23). The van der Waals surface area contributed by atoms with Crippen LogP contribution in [0.4, 0.5) is 13.2 Å². The fourth-order valence-electron chi connectivity index (χ4n) is 1.92. The van der Waals surface area contributed by atoms with E-state index in [1.54, 1.807) is 13.8 Å². The number of hydrogen-bond acceptors (Lipinski definition) is 4. The molecule has 0 unspecified atom stereocenters. The monoisotopic (exact) mass is 339 g/mol. The summed E-state index contributed by atoms with van der Waals surface area (Å²) in [6, 6.07) is 4.45. The summed E-state index contributed by atoms with van der Waals surface area (Å²) in [5.74, 6) is -0.467. The van der Waals surface area contributed by atoms with E-state index in [1.165, 1.54) is 24.5 Å². The van der Waals surface area contributed by atoms with Gasteiger partial charge in [0.15, 0.2) is 0 Å². The van der Waals surface area contributed by atoms with Crippen molar-refractivity contribution in [1.82, 2.24) is 9.97 Å². The fraction of sp³-hybridized carbons (Fsp3) is 0.312. The van der Waals surface area contributed by atoms with Gasteiger partial charge in [-0.05, 0) is 18.2 Å². The molecular formula is C16H16F3N3O2. The summed E-state index contributed by atoms with van der Waals surface area (Å²) >= 11 is 0. The summed E-state index contributed by atoms with van der Waals surface area (Å²) < 4.78 is 43.5. The van der Waals surface area contributed by atoms with Crippen molar-refractivity contribution < 1.29 is 22.7 Å². The van der Waals surface area contributed by atoms with Gasteiger partial charge in [-0.15, -0.1) is 0 Å². The lowest BCUT2D eigenvalue weighted by Gasteiger charge is -2.19. The average Bonchev–Trinajstić information content (AvgIpc) is 2.46. The highest BCUT2D eigenvalue weighted by molar-refractivity contribution is 5.80. The second kappa shape index (κ2) is 6.46. The number of nitrogens with two attached hydrogens (primary N) is 1. The Kier molecular flexibility index (Phi) is 4.77. The molecular weight excluding hydrogens is 323 g/mol. The van der Waals surface area contributed by atoms with E-state index < -0.39 is 23.1 Å². The van der Waals surface area contributed by atoms with Crippen LogP contribution in [0.15, 0.2) is 36.7 Å². The molecule has 8 heteroatoms. The van der Waals surface area contributed by atoms with E-state index in [4.69, 9.17) is 10.5 Å². The molecule has 0 saturated carbocycles. The van der Waals surface area contributed by atoms with Crippen LogP contribution in [0.2, 0.25) is 0 Å². The maximum absolute atomic E-state index is 12.7. The van der Waals surface area contributed by atoms with Crippen LogP contribution in [0.25, 0.3) is 0 Å². The highest BCUT2D eigenvalue weighted by Gasteiger charge is 2.30. The molecule has 0 aliphatic carbocycles. The van der Waals surface area contributed by atoms with Gasteiger partial charge in [0.05, 0.1) is 17.5 Å². The van der Waals surface area contributed by atoms with Crippen molar-refractivity contribution in [1.29, 1.82) is 0 Å². The number of rotatable bonds is 5. The van der Waals surface area contributed by atoms with Crippen molar-refractivity contribution >= 4 is 5.91 Å². The molecule has 2 N–H and O–H groups in total. The number of aromatic nitrogens is 2. The topological polar surface area (TPSA) is 78.1 Å². The Morgan fingerprint density at radius 1 is 1.25 bits per heavy atom. The van der Waals surface area contributed by atoms with Crippen molar-refractivity contribution in [3.05, 3.63) is 47.9 Å². The van der Waals surface area contributed by atoms with Gasteiger partial charge in [0.2, 0.25) is 11.8 Å². The van der Waals surface area contributed by atoms with Crippen molar-refractivity contribution in [2.45, 2.75) is 26.4 Å². The molecule has 0 saturated heterocycles. The summed E-state index contributed by atoms with van der Waals surface area (Å²) in [5, 5.41) is 0. The molecule has 0 aliphatic heterocycles. The van der Waals surface area contributed by atoms with Gasteiger partial charge in [0.25, 0.3) is 0 Å². The molecule has 0 atom stereocenters. The lowest BCUT2D eigenvalue weighted by atomic mass is 9.87. The average molecular weight is 339 g/mol. The van der Waals surface area contributed by atoms with E-state index in [-0.39, 0.29) is 18.1 Å². The first-order valence-corrected chi connectivity index (χ1v) is 7.04. The highest BCUT2D eigenvalue weighted by Crippen LogP contribution is 2.32. The molecule has 128 valence electrons. The Labute approximate surface area is 136 Å². The van der Waals surface area contributed by atoms with Crippen LogP contribution in [-0.4, -0.2) is 15.9 Å². The van der Waals surface area contributed by atoms with Gasteiger partial charge in [-0.2, -0.15) is 13.2 Å². The number of hydrogen-bond donors (Lipinski definition) is 1. The largest absolute Gasteiger partial charge is 0.437 e. The normalized spacial score (nSPS) is 12.0. The summed E-state index contributed by atoms with van der Waals surface area (Å²) in [5.41, 5.74) is 4.11. The minimum Gasteiger partial charge on any atom is -0.437 e. The van der Waals surface area contributed by atoms with Gasteiger partial charge in [0.1, 0.15) is 5.75 Å². The van der Waals surface area contributed by atoms with Gasteiger partial charge < -0.3 is 10.5 Å². The molecule has 0 spiro atoms. The number of carbonyl (C=O) groups excluding carboxylic acids is 1. The van der Waals surface area contributed by atoms with E-state index in [0.29, 0.717) is 5.69 Å². The molecule has 0 bridgehead atoms. The number of carbonyl (C=O) groups is 1. The Bertz CT molecular complexity index is 745. The number of alkyl halides is 3. The number of ether oxygens (including phenoxy) is 1. The summed E-state index contributed by atoms with van der Waals surface area (Å²) in [6.45, 7) is 3.33. The molecule has 1 heterocycles. The third-order valence-corrected chi connectivity index (χ3v) is 3.34. The Hall–Kier alpha value is -2.64. The van der Waals surface area contributed by atoms with Crippen LogP contribution in [0, 0.1) is 5.41 Å². The van der Waals surface area contributed by atoms with Gasteiger partial charge >= 0.3 is 6.18 Å². The summed E-state index contributed by atoms with van der Waals surface area (Å²) in [7, 11) is 0. The number of primary amides is 1. The fourth-order valence-corrected chi connectivity index (χ4v) is 1.92. The van der Waals surface area contributed by atoms with E-state index in [0.717, 1.165) is 12.1 Å². The minimum absolute atomic E-state index is 0.00886. The van der Waals surface area contributed by atoms with Crippen LogP contribution in [-0.2, 0) is 17.4 Å². The van der Waals surface area contributed by atoms with E-state index in [2.05, 4.69) is 9.97 Å². The highest BCUT2D eigenvalue weighted by atomic mass is 19.4. The maximum Gasteiger partial charge on any atom is 0.416 e. The number of benzene rings is 1. The van der Waals surface area contributed by atoms with Crippen LogP contribution in [0.1, 0.15) is 25.1 Å². The van der Waals surface area contributed by atoms with Gasteiger partial charge in [0, 0.05) is 18.0 Å². The zero-order chi connectivity index (χ0) is 18.0. The first-order valence-electron chi connectivity index (χ1n) is 7.04. The lowest BCUT2D eigenvalue weighted by Crippen LogP contribution is -2.33. The molecule has 2 aromatic rings. The Morgan fingerprint density at radius 3 is 2.58 bits per heavy atom. The molecule has 0 radical (unpaired) electrons. The SMILES string of the molecule is CC(C)(Cc1cncc(Oc2cccc(C(F)(F)F)c2)n1)C(N)=O. The van der Waals surface area contributed by atoms with Crippen molar-refractivity contribution in [3.8, 4) is 11.6 Å². The Balaban J connectivity index is 2.20. The van der Waals surface area contributed by atoms with Gasteiger partial charge in [-0.3, -0.25) is 9.78 Å². The molecule has 1 amide bonds. The summed E-state index contributed by atoms with van der Waals surface area (Å²) in [4.78, 5) is 19.5. The quantitative estimate of drug-likeness (QED) is 0.906. The molecule has 0 fully saturated rings.